The first-order valence-corrected chi connectivity index (χ1v) is 11.2. The van der Waals surface area contributed by atoms with Crippen molar-refractivity contribution in [2.45, 2.75) is 57.0 Å². The molecule has 1 amide bonds. The zero-order valence-electron chi connectivity index (χ0n) is 17.3. The summed E-state index contributed by atoms with van der Waals surface area (Å²) in [6.07, 6.45) is 3.11. The van der Waals surface area contributed by atoms with E-state index in [-0.39, 0.29) is 16.8 Å². The van der Waals surface area contributed by atoms with Crippen LogP contribution in [-0.4, -0.2) is 46.1 Å². The van der Waals surface area contributed by atoms with Crippen LogP contribution in [0, 0.1) is 11.8 Å². The Bertz CT molecular complexity index is 809. The van der Waals surface area contributed by atoms with Gasteiger partial charge >= 0.3 is 5.97 Å². The summed E-state index contributed by atoms with van der Waals surface area (Å²) in [6, 6.07) is 4.70. The Labute approximate surface area is 172 Å². The molecule has 0 bridgehead atoms. The van der Waals surface area contributed by atoms with Crippen LogP contribution in [0.15, 0.2) is 29.2 Å². The fourth-order valence-electron chi connectivity index (χ4n) is 3.40. The van der Waals surface area contributed by atoms with Crippen molar-refractivity contribution in [3.63, 3.8) is 0 Å². The second-order valence-electron chi connectivity index (χ2n) is 7.57. The number of sulfonamides is 1. The number of carbonyl (C=O) groups excluding carboxylic acids is 2. The van der Waals surface area contributed by atoms with Crippen LogP contribution in [0.3, 0.4) is 0 Å². The second kappa shape index (κ2) is 10.1. The smallest absolute Gasteiger partial charge is 0.324 e. The summed E-state index contributed by atoms with van der Waals surface area (Å²) in [5, 5.41) is 2.91. The van der Waals surface area contributed by atoms with Crippen molar-refractivity contribution >= 4 is 21.9 Å². The van der Waals surface area contributed by atoms with Crippen molar-refractivity contribution in [3.05, 3.63) is 24.3 Å². The topological polar surface area (TPSA) is 111 Å². The molecule has 29 heavy (non-hydrogen) atoms. The van der Waals surface area contributed by atoms with Crippen LogP contribution in [0.25, 0.3) is 0 Å². The first-order valence-electron chi connectivity index (χ1n) is 9.76. The highest BCUT2D eigenvalue weighted by atomic mass is 32.2. The van der Waals surface area contributed by atoms with Gasteiger partial charge in [-0.3, -0.25) is 9.59 Å². The van der Waals surface area contributed by atoms with Crippen molar-refractivity contribution in [2.24, 2.45) is 11.8 Å². The number of ether oxygens (including phenoxy) is 2. The lowest BCUT2D eigenvalue weighted by Gasteiger charge is -2.34. The van der Waals surface area contributed by atoms with Gasteiger partial charge in [-0.1, -0.05) is 26.7 Å². The van der Waals surface area contributed by atoms with Crippen LogP contribution in [-0.2, 0) is 24.3 Å². The monoisotopic (exact) mass is 426 g/mol. The quantitative estimate of drug-likeness (QED) is 0.614. The number of rotatable bonds is 8. The Balaban J connectivity index is 1.84. The third kappa shape index (κ3) is 6.43. The molecule has 1 aromatic rings. The van der Waals surface area contributed by atoms with Gasteiger partial charge in [-0.15, -0.1) is 0 Å². The first kappa shape index (κ1) is 23.2. The average molecular weight is 427 g/mol. The maximum absolute atomic E-state index is 12.4. The molecule has 4 atom stereocenters. The molecule has 0 heterocycles. The predicted octanol–water partition coefficient (Wildman–Crippen LogP) is 1.85. The Morgan fingerprint density at radius 1 is 1.17 bits per heavy atom. The molecule has 2 N–H and O–H groups in total. The zero-order valence-corrected chi connectivity index (χ0v) is 18.1. The van der Waals surface area contributed by atoms with E-state index in [0.717, 1.165) is 19.3 Å². The van der Waals surface area contributed by atoms with Crippen molar-refractivity contribution < 1.29 is 27.5 Å². The number of nitrogens with one attached hydrogen (secondary N) is 2. The van der Waals surface area contributed by atoms with E-state index < -0.39 is 28.6 Å². The summed E-state index contributed by atoms with van der Waals surface area (Å²) in [7, 11) is -2.43. The Morgan fingerprint density at radius 2 is 1.83 bits per heavy atom. The van der Waals surface area contributed by atoms with E-state index in [0.29, 0.717) is 17.6 Å². The molecule has 0 spiro atoms. The van der Waals surface area contributed by atoms with E-state index in [2.05, 4.69) is 23.9 Å². The van der Waals surface area contributed by atoms with Gasteiger partial charge in [0, 0.05) is 6.04 Å². The number of amides is 1. The van der Waals surface area contributed by atoms with Gasteiger partial charge in [0.15, 0.2) is 6.61 Å². The minimum Gasteiger partial charge on any atom is -0.497 e. The SMILES string of the molecule is COc1ccc(S(=O)(=O)NC(C)C(=O)OCC(=O)NC2CCCC(C)C2C)cc1. The van der Waals surface area contributed by atoms with E-state index in [4.69, 9.17) is 9.47 Å². The van der Waals surface area contributed by atoms with Gasteiger partial charge in [0.2, 0.25) is 10.0 Å². The molecule has 4 unspecified atom stereocenters. The third-order valence-electron chi connectivity index (χ3n) is 5.45. The molecule has 1 fully saturated rings. The second-order valence-corrected chi connectivity index (χ2v) is 9.28. The Morgan fingerprint density at radius 3 is 2.45 bits per heavy atom. The standard InChI is InChI=1S/C20H30N2O6S/c1-13-6-5-7-18(14(13)2)21-19(23)12-28-20(24)15(3)22-29(25,26)17-10-8-16(27-4)9-11-17/h8-11,13-15,18,22H,5-7,12H2,1-4H3,(H,21,23). The van der Waals surface area contributed by atoms with Crippen LogP contribution in [0.2, 0.25) is 0 Å². The van der Waals surface area contributed by atoms with Gasteiger partial charge in [-0.05, 0) is 49.4 Å². The van der Waals surface area contributed by atoms with E-state index in [1.54, 1.807) is 0 Å². The number of methoxy groups -OCH3 is 1. The summed E-state index contributed by atoms with van der Waals surface area (Å²) < 4.78 is 37.0. The maximum atomic E-state index is 12.4. The molecule has 1 aromatic carbocycles. The van der Waals surface area contributed by atoms with Crippen LogP contribution in [0.5, 0.6) is 5.75 Å². The minimum absolute atomic E-state index is 0.00361. The number of hydrogen-bond donors (Lipinski definition) is 2. The molecule has 1 saturated carbocycles. The minimum atomic E-state index is -3.91. The summed E-state index contributed by atoms with van der Waals surface area (Å²) in [5.74, 6) is 0.212. The molecule has 8 nitrogen and oxygen atoms in total. The van der Waals surface area contributed by atoms with E-state index >= 15 is 0 Å². The summed E-state index contributed by atoms with van der Waals surface area (Å²) in [4.78, 5) is 24.2. The molecule has 162 valence electrons. The number of esters is 1. The van der Waals surface area contributed by atoms with Crippen molar-refractivity contribution in [1.29, 1.82) is 0 Å². The van der Waals surface area contributed by atoms with Gasteiger partial charge < -0.3 is 14.8 Å². The molecular formula is C20H30N2O6S. The van der Waals surface area contributed by atoms with E-state index in [9.17, 15) is 18.0 Å². The average Bonchev–Trinajstić information content (AvgIpc) is 2.69. The molecular weight excluding hydrogens is 396 g/mol. The highest BCUT2D eigenvalue weighted by molar-refractivity contribution is 7.89. The lowest BCUT2D eigenvalue weighted by Crippen LogP contribution is -2.46. The largest absolute Gasteiger partial charge is 0.497 e. The highest BCUT2D eigenvalue weighted by Crippen LogP contribution is 2.29. The molecule has 0 radical (unpaired) electrons. The summed E-state index contributed by atoms with van der Waals surface area (Å²) in [5.41, 5.74) is 0. The zero-order chi connectivity index (χ0) is 21.6. The normalized spacial score (nSPS) is 23.1. The van der Waals surface area contributed by atoms with E-state index in [1.807, 2.05) is 0 Å². The lowest BCUT2D eigenvalue weighted by atomic mass is 9.78. The molecule has 1 aliphatic rings. The summed E-state index contributed by atoms with van der Waals surface area (Å²) >= 11 is 0. The van der Waals surface area contributed by atoms with Gasteiger partial charge in [-0.25, -0.2) is 8.42 Å². The van der Waals surface area contributed by atoms with Crippen molar-refractivity contribution in [3.8, 4) is 5.75 Å². The molecule has 2 rings (SSSR count). The van der Waals surface area contributed by atoms with Crippen LogP contribution in [0.1, 0.15) is 40.0 Å². The van der Waals surface area contributed by atoms with Gasteiger partial charge in [0.05, 0.1) is 12.0 Å². The fourth-order valence-corrected chi connectivity index (χ4v) is 4.59. The van der Waals surface area contributed by atoms with Gasteiger partial charge in [0.25, 0.3) is 5.91 Å². The molecule has 9 heteroatoms. The van der Waals surface area contributed by atoms with Crippen LogP contribution >= 0.6 is 0 Å². The van der Waals surface area contributed by atoms with Crippen LogP contribution < -0.4 is 14.8 Å². The van der Waals surface area contributed by atoms with Gasteiger partial charge in [0.1, 0.15) is 11.8 Å². The third-order valence-corrected chi connectivity index (χ3v) is 7.01. The Kier molecular flexibility index (Phi) is 8.04. The summed E-state index contributed by atoms with van der Waals surface area (Å²) in [6.45, 7) is 5.20. The molecule has 0 aliphatic heterocycles. The number of benzene rings is 1. The lowest BCUT2D eigenvalue weighted by molar-refractivity contribution is -0.150. The van der Waals surface area contributed by atoms with Crippen molar-refractivity contribution in [2.75, 3.05) is 13.7 Å². The van der Waals surface area contributed by atoms with Crippen molar-refractivity contribution in [1.82, 2.24) is 10.0 Å². The number of hydrogen-bond acceptors (Lipinski definition) is 6. The maximum Gasteiger partial charge on any atom is 0.324 e. The number of carbonyl (C=O) groups is 2. The molecule has 0 saturated heterocycles. The first-order chi connectivity index (χ1) is 13.6. The highest BCUT2D eigenvalue weighted by Gasteiger charge is 2.29. The van der Waals surface area contributed by atoms with Crippen LogP contribution in [0.4, 0.5) is 0 Å². The van der Waals surface area contributed by atoms with Gasteiger partial charge in [-0.2, -0.15) is 4.72 Å². The predicted molar refractivity (Wildman–Crippen MR) is 108 cm³/mol. The Hall–Kier alpha value is -2.13. The van der Waals surface area contributed by atoms with E-state index in [1.165, 1.54) is 38.3 Å². The molecule has 0 aromatic heterocycles. The fraction of sp³-hybridized carbons (Fsp3) is 0.600. The molecule has 1 aliphatic carbocycles.